The first-order valence-corrected chi connectivity index (χ1v) is 8.11. The second kappa shape index (κ2) is 8.25. The van der Waals surface area contributed by atoms with Gasteiger partial charge in [0.05, 0.1) is 24.4 Å². The Balaban J connectivity index is 2.02. The molecule has 1 atom stereocenters. The lowest BCUT2D eigenvalue weighted by Gasteiger charge is -2.24. The average Bonchev–Trinajstić information content (AvgIpc) is 2.54. The molecule has 0 aliphatic rings. The van der Waals surface area contributed by atoms with Crippen LogP contribution in [-0.4, -0.2) is 30.0 Å². The molecular formula is C20H27NO2. The first kappa shape index (κ1) is 17.7. The van der Waals surface area contributed by atoms with Gasteiger partial charge in [-0.25, -0.2) is 0 Å². The number of aliphatic hydroxyl groups excluding tert-OH is 1. The Labute approximate surface area is 139 Å². The van der Waals surface area contributed by atoms with Crippen LogP contribution in [0.5, 0.6) is 0 Å². The van der Waals surface area contributed by atoms with Gasteiger partial charge < -0.3 is 15.2 Å². The Morgan fingerprint density at radius 3 is 1.83 bits per heavy atom. The van der Waals surface area contributed by atoms with Gasteiger partial charge in [-0.1, -0.05) is 60.7 Å². The summed E-state index contributed by atoms with van der Waals surface area (Å²) in [6.45, 7) is 6.77. The lowest BCUT2D eigenvalue weighted by Crippen LogP contribution is -2.35. The van der Waals surface area contributed by atoms with E-state index in [2.05, 4.69) is 29.6 Å². The molecule has 0 saturated heterocycles. The molecule has 23 heavy (non-hydrogen) atoms. The highest BCUT2D eigenvalue weighted by atomic mass is 16.5. The van der Waals surface area contributed by atoms with Crippen LogP contribution in [0.4, 0.5) is 0 Å². The van der Waals surface area contributed by atoms with E-state index >= 15 is 0 Å². The molecule has 124 valence electrons. The zero-order valence-electron chi connectivity index (χ0n) is 14.2. The summed E-state index contributed by atoms with van der Waals surface area (Å²) >= 11 is 0. The number of nitrogens with one attached hydrogen (secondary N) is 1. The summed E-state index contributed by atoms with van der Waals surface area (Å²) in [5.74, 6) is 0. The number of benzene rings is 2. The topological polar surface area (TPSA) is 41.5 Å². The first-order chi connectivity index (χ1) is 11.0. The molecule has 1 unspecified atom stereocenters. The number of hydrogen-bond acceptors (Lipinski definition) is 3. The number of rotatable bonds is 7. The van der Waals surface area contributed by atoms with Crippen molar-refractivity contribution in [2.75, 3.05) is 13.2 Å². The van der Waals surface area contributed by atoms with Crippen molar-refractivity contribution in [2.45, 2.75) is 38.5 Å². The second-order valence-corrected chi connectivity index (χ2v) is 6.74. The van der Waals surface area contributed by atoms with Crippen LogP contribution < -0.4 is 5.32 Å². The van der Waals surface area contributed by atoms with E-state index in [0.717, 1.165) is 0 Å². The van der Waals surface area contributed by atoms with Crippen LogP contribution in [0, 0.1) is 0 Å². The average molecular weight is 313 g/mol. The minimum atomic E-state index is -0.538. The molecule has 3 nitrogen and oxygen atoms in total. The Kier molecular flexibility index (Phi) is 6.34. The van der Waals surface area contributed by atoms with Crippen molar-refractivity contribution in [3.8, 4) is 0 Å². The molecule has 2 aromatic carbocycles. The van der Waals surface area contributed by atoms with Gasteiger partial charge in [0.15, 0.2) is 0 Å². The standard InChI is InChI=1S/C20H27NO2/c1-20(2,3)23-15-18(22)14-21-19(16-10-6-4-7-11-16)17-12-8-5-9-13-17/h4-13,18-19,21-22H,14-15H2,1-3H3. The fourth-order valence-corrected chi connectivity index (χ4v) is 2.38. The van der Waals surface area contributed by atoms with Gasteiger partial charge in [-0.15, -0.1) is 0 Å². The summed E-state index contributed by atoms with van der Waals surface area (Å²) in [5, 5.41) is 13.6. The Bertz CT molecular complexity index is 524. The predicted molar refractivity (Wildman–Crippen MR) is 94.4 cm³/mol. The number of hydrogen-bond donors (Lipinski definition) is 2. The van der Waals surface area contributed by atoms with Crippen LogP contribution >= 0.6 is 0 Å². The first-order valence-electron chi connectivity index (χ1n) is 8.11. The van der Waals surface area contributed by atoms with E-state index in [4.69, 9.17) is 4.74 Å². The minimum Gasteiger partial charge on any atom is -0.389 e. The van der Waals surface area contributed by atoms with Gasteiger partial charge in [-0.05, 0) is 31.9 Å². The Morgan fingerprint density at radius 1 is 0.913 bits per heavy atom. The van der Waals surface area contributed by atoms with Gasteiger partial charge in [0.25, 0.3) is 0 Å². The van der Waals surface area contributed by atoms with Crippen LogP contribution in [0.2, 0.25) is 0 Å². The molecule has 0 radical (unpaired) electrons. The zero-order chi connectivity index (χ0) is 16.7. The SMILES string of the molecule is CC(C)(C)OCC(O)CNC(c1ccccc1)c1ccccc1. The molecule has 0 spiro atoms. The molecule has 0 aromatic heterocycles. The molecule has 0 amide bonds. The van der Waals surface area contributed by atoms with Crippen molar-refractivity contribution in [1.82, 2.24) is 5.32 Å². The maximum atomic E-state index is 10.2. The number of aliphatic hydroxyl groups is 1. The summed E-state index contributed by atoms with van der Waals surface area (Å²) in [4.78, 5) is 0. The molecule has 0 fully saturated rings. The van der Waals surface area contributed by atoms with Crippen molar-refractivity contribution < 1.29 is 9.84 Å². The van der Waals surface area contributed by atoms with Gasteiger partial charge in [0.1, 0.15) is 0 Å². The Hall–Kier alpha value is -1.68. The third kappa shape index (κ3) is 6.14. The molecule has 0 bridgehead atoms. The lowest BCUT2D eigenvalue weighted by atomic mass is 9.98. The van der Waals surface area contributed by atoms with E-state index in [0.29, 0.717) is 13.2 Å². The zero-order valence-corrected chi connectivity index (χ0v) is 14.2. The van der Waals surface area contributed by atoms with Gasteiger partial charge in [0.2, 0.25) is 0 Å². The summed E-state index contributed by atoms with van der Waals surface area (Å²) in [6, 6.07) is 20.6. The quantitative estimate of drug-likeness (QED) is 0.821. The van der Waals surface area contributed by atoms with Crippen molar-refractivity contribution in [1.29, 1.82) is 0 Å². The second-order valence-electron chi connectivity index (χ2n) is 6.74. The molecule has 0 saturated carbocycles. The van der Waals surface area contributed by atoms with Crippen LogP contribution in [-0.2, 0) is 4.74 Å². The van der Waals surface area contributed by atoms with Crippen LogP contribution in [0.1, 0.15) is 37.9 Å². The molecule has 2 rings (SSSR count). The molecule has 3 heteroatoms. The molecule has 2 aromatic rings. The van der Waals surface area contributed by atoms with E-state index in [1.165, 1.54) is 11.1 Å². The highest BCUT2D eigenvalue weighted by Crippen LogP contribution is 2.21. The van der Waals surface area contributed by atoms with Crippen molar-refractivity contribution in [3.63, 3.8) is 0 Å². The van der Waals surface area contributed by atoms with Gasteiger partial charge in [-0.3, -0.25) is 0 Å². The highest BCUT2D eigenvalue weighted by Gasteiger charge is 2.17. The molecule has 2 N–H and O–H groups in total. The van der Waals surface area contributed by atoms with Crippen molar-refractivity contribution in [2.24, 2.45) is 0 Å². The fraction of sp³-hybridized carbons (Fsp3) is 0.400. The fourth-order valence-electron chi connectivity index (χ4n) is 2.38. The number of ether oxygens (including phenoxy) is 1. The normalized spacial score (nSPS) is 13.3. The molecule has 0 aliphatic carbocycles. The van der Waals surface area contributed by atoms with E-state index in [1.54, 1.807) is 0 Å². The Morgan fingerprint density at radius 2 is 1.39 bits per heavy atom. The summed E-state index contributed by atoms with van der Waals surface area (Å²) < 4.78 is 5.64. The maximum Gasteiger partial charge on any atom is 0.0898 e. The highest BCUT2D eigenvalue weighted by molar-refractivity contribution is 5.31. The maximum absolute atomic E-state index is 10.2. The van der Waals surface area contributed by atoms with E-state index < -0.39 is 6.10 Å². The van der Waals surface area contributed by atoms with Gasteiger partial charge in [-0.2, -0.15) is 0 Å². The van der Waals surface area contributed by atoms with Gasteiger partial charge >= 0.3 is 0 Å². The smallest absolute Gasteiger partial charge is 0.0898 e. The van der Waals surface area contributed by atoms with Crippen LogP contribution in [0.15, 0.2) is 60.7 Å². The van der Waals surface area contributed by atoms with E-state index in [9.17, 15) is 5.11 Å². The lowest BCUT2D eigenvalue weighted by molar-refractivity contribution is -0.0481. The summed E-state index contributed by atoms with van der Waals surface area (Å²) in [6.07, 6.45) is -0.538. The van der Waals surface area contributed by atoms with Crippen molar-refractivity contribution >= 4 is 0 Å². The third-order valence-corrected chi connectivity index (χ3v) is 3.53. The third-order valence-electron chi connectivity index (χ3n) is 3.53. The van der Waals surface area contributed by atoms with Crippen molar-refractivity contribution in [3.05, 3.63) is 71.8 Å². The monoisotopic (exact) mass is 313 g/mol. The molecule has 0 heterocycles. The van der Waals surface area contributed by atoms with Crippen LogP contribution in [0.25, 0.3) is 0 Å². The molecular weight excluding hydrogens is 286 g/mol. The van der Waals surface area contributed by atoms with Gasteiger partial charge in [0, 0.05) is 6.54 Å². The predicted octanol–water partition coefficient (Wildman–Crippen LogP) is 3.54. The summed E-state index contributed by atoms with van der Waals surface area (Å²) in [7, 11) is 0. The minimum absolute atomic E-state index is 0.0571. The van der Waals surface area contributed by atoms with Crippen LogP contribution in [0.3, 0.4) is 0 Å². The molecule has 0 aliphatic heterocycles. The van der Waals surface area contributed by atoms with E-state index in [-0.39, 0.29) is 11.6 Å². The largest absolute Gasteiger partial charge is 0.389 e. The van der Waals surface area contributed by atoms with E-state index in [1.807, 2.05) is 57.2 Å². The summed E-state index contributed by atoms with van der Waals surface area (Å²) in [5.41, 5.74) is 2.13.